The van der Waals surface area contributed by atoms with Crippen LogP contribution in [-0.4, -0.2) is 35.6 Å². The van der Waals surface area contributed by atoms with Crippen LogP contribution in [0.4, 0.5) is 4.39 Å². The van der Waals surface area contributed by atoms with Crippen molar-refractivity contribution >= 4 is 7.82 Å². The highest BCUT2D eigenvalue weighted by atomic mass is 31.2. The van der Waals surface area contributed by atoms with Crippen LogP contribution >= 0.6 is 7.82 Å². The zero-order valence-corrected chi connectivity index (χ0v) is 20.3. The molecule has 2 aliphatic rings. The molecule has 0 saturated heterocycles. The number of para-hydroxylation sites is 1. The molecule has 0 heterocycles. The second kappa shape index (κ2) is 10.4. The molecule has 1 saturated carbocycles. The number of methoxy groups -OCH3 is 1. The molecule has 3 atom stereocenters. The van der Waals surface area contributed by atoms with Gasteiger partial charge in [-0.15, -0.1) is 0 Å². The fraction of sp³-hybridized carbons (Fsp3) is 0.520. The molecule has 0 amide bonds. The van der Waals surface area contributed by atoms with Crippen molar-refractivity contribution in [3.8, 4) is 5.75 Å². The van der Waals surface area contributed by atoms with Gasteiger partial charge in [0.25, 0.3) is 0 Å². The minimum Gasteiger partial charge on any atom is -0.493 e. The van der Waals surface area contributed by atoms with Crippen LogP contribution in [0.25, 0.3) is 0 Å². The van der Waals surface area contributed by atoms with Gasteiger partial charge in [-0.05, 0) is 73.1 Å². The Morgan fingerprint density at radius 1 is 1.21 bits per heavy atom. The van der Waals surface area contributed by atoms with Crippen LogP contribution in [0, 0.1) is 11.7 Å². The van der Waals surface area contributed by atoms with E-state index in [1.165, 1.54) is 29.9 Å². The van der Waals surface area contributed by atoms with Crippen molar-refractivity contribution in [1.29, 1.82) is 0 Å². The number of phosphoric ester groups is 1. The first-order chi connectivity index (χ1) is 16.2. The van der Waals surface area contributed by atoms with Gasteiger partial charge in [-0.25, -0.2) is 8.96 Å². The molecule has 1 fully saturated rings. The predicted molar refractivity (Wildman–Crippen MR) is 126 cm³/mol. The van der Waals surface area contributed by atoms with Crippen molar-refractivity contribution < 1.29 is 32.7 Å². The first-order valence-corrected chi connectivity index (χ1v) is 13.2. The lowest BCUT2D eigenvalue weighted by Crippen LogP contribution is -2.41. The predicted octanol–water partition coefficient (Wildman–Crippen LogP) is 4.23. The molecule has 186 valence electrons. The van der Waals surface area contributed by atoms with Crippen LogP contribution in [-0.2, 0) is 33.3 Å². The van der Waals surface area contributed by atoms with E-state index in [1.807, 2.05) is 6.07 Å². The van der Waals surface area contributed by atoms with Crippen LogP contribution in [0.3, 0.4) is 0 Å². The minimum absolute atomic E-state index is 0.137. The first kappa shape index (κ1) is 25.3. The molecule has 4 N–H and O–H groups in total. The van der Waals surface area contributed by atoms with Gasteiger partial charge < -0.3 is 25.0 Å². The second-order valence-electron chi connectivity index (χ2n) is 9.65. The number of halogens is 1. The SMILES string of the molecule is COc1c(F)cccc1COC[C@@H]1CCc2cc([C@H]3CC[C@](N)(COP(=O)(O)O)C3)ccc2C1. The second-order valence-corrected chi connectivity index (χ2v) is 10.9. The van der Waals surface area contributed by atoms with E-state index < -0.39 is 13.4 Å². The highest BCUT2D eigenvalue weighted by molar-refractivity contribution is 7.46. The average molecular weight is 494 g/mol. The van der Waals surface area contributed by atoms with E-state index in [4.69, 9.17) is 25.0 Å². The molecular weight excluding hydrogens is 460 g/mol. The Morgan fingerprint density at radius 2 is 2.03 bits per heavy atom. The number of hydrogen-bond acceptors (Lipinski definition) is 5. The lowest BCUT2D eigenvalue weighted by atomic mass is 9.82. The number of nitrogens with two attached hydrogens (primary N) is 1. The summed E-state index contributed by atoms with van der Waals surface area (Å²) in [5.41, 5.74) is 10.3. The summed E-state index contributed by atoms with van der Waals surface area (Å²) in [5, 5.41) is 0. The summed E-state index contributed by atoms with van der Waals surface area (Å²) in [5.74, 6) is 0.532. The summed E-state index contributed by atoms with van der Waals surface area (Å²) >= 11 is 0. The average Bonchev–Trinajstić information content (AvgIpc) is 3.20. The third-order valence-corrected chi connectivity index (χ3v) is 7.53. The van der Waals surface area contributed by atoms with Gasteiger partial charge in [-0.3, -0.25) is 4.52 Å². The van der Waals surface area contributed by atoms with Gasteiger partial charge in [0, 0.05) is 11.1 Å². The highest BCUT2D eigenvalue weighted by Crippen LogP contribution is 2.44. The molecule has 4 rings (SSSR count). The van der Waals surface area contributed by atoms with Crippen molar-refractivity contribution in [3.63, 3.8) is 0 Å². The third kappa shape index (κ3) is 6.25. The molecule has 34 heavy (non-hydrogen) atoms. The van der Waals surface area contributed by atoms with Crippen LogP contribution in [0.15, 0.2) is 36.4 Å². The Labute approximate surface area is 199 Å². The van der Waals surface area contributed by atoms with Crippen LogP contribution in [0.5, 0.6) is 5.75 Å². The maximum absolute atomic E-state index is 13.8. The Balaban J connectivity index is 1.31. The molecule has 2 aromatic rings. The molecule has 7 nitrogen and oxygen atoms in total. The number of benzene rings is 2. The van der Waals surface area contributed by atoms with Gasteiger partial charge in [-0.2, -0.15) is 0 Å². The topological polar surface area (TPSA) is 111 Å². The number of fused-ring (bicyclic) bond motifs is 1. The normalized spacial score (nSPS) is 24.7. The molecule has 0 aliphatic heterocycles. The van der Waals surface area contributed by atoms with Crippen molar-refractivity contribution in [3.05, 3.63) is 64.5 Å². The first-order valence-electron chi connectivity index (χ1n) is 11.7. The summed E-state index contributed by atoms with van der Waals surface area (Å²) in [6.45, 7) is 0.790. The quantitative estimate of drug-likeness (QED) is 0.448. The summed E-state index contributed by atoms with van der Waals surface area (Å²) in [7, 11) is -3.06. The molecule has 2 aromatic carbocycles. The van der Waals surface area contributed by atoms with Crippen molar-refractivity contribution in [2.45, 2.75) is 56.6 Å². The van der Waals surface area contributed by atoms with E-state index in [0.29, 0.717) is 37.5 Å². The number of rotatable bonds is 9. The maximum atomic E-state index is 13.8. The third-order valence-electron chi connectivity index (χ3n) is 7.06. The van der Waals surface area contributed by atoms with Gasteiger partial charge in [0.2, 0.25) is 0 Å². The summed E-state index contributed by atoms with van der Waals surface area (Å²) in [6, 6.07) is 11.5. The number of phosphoric acid groups is 1. The van der Waals surface area contributed by atoms with Gasteiger partial charge in [-0.1, -0.05) is 30.3 Å². The Morgan fingerprint density at radius 3 is 2.79 bits per heavy atom. The Bertz CT molecular complexity index is 1060. The van der Waals surface area contributed by atoms with Gasteiger partial charge in [0.15, 0.2) is 11.6 Å². The standard InChI is InChI=1S/C25H33FNO6P/c1-31-24-22(3-2-4-23(24)26)15-32-14-17-5-6-19-12-20(8-7-18(19)11-17)21-9-10-25(27,13-21)16-33-34(28,29)30/h2-4,7-8,12,17,21H,5-6,9-11,13-16,27H2,1H3,(H2,28,29,30)/t17-,21+,25-/m1/s1. The lowest BCUT2D eigenvalue weighted by molar-refractivity contribution is 0.0807. The fourth-order valence-corrected chi connectivity index (χ4v) is 5.69. The Kier molecular flexibility index (Phi) is 7.77. The van der Waals surface area contributed by atoms with Crippen molar-refractivity contribution in [1.82, 2.24) is 0 Å². The van der Waals surface area contributed by atoms with E-state index in [-0.39, 0.29) is 24.1 Å². The van der Waals surface area contributed by atoms with Crippen LogP contribution in [0.1, 0.15) is 53.9 Å². The maximum Gasteiger partial charge on any atom is 0.469 e. The van der Waals surface area contributed by atoms with Gasteiger partial charge >= 0.3 is 7.82 Å². The van der Waals surface area contributed by atoms with E-state index in [0.717, 1.165) is 25.7 Å². The molecule has 9 heteroatoms. The Hall–Kier alpha value is -1.80. The van der Waals surface area contributed by atoms with Crippen LogP contribution in [0.2, 0.25) is 0 Å². The van der Waals surface area contributed by atoms with Crippen LogP contribution < -0.4 is 10.5 Å². The zero-order chi connectivity index (χ0) is 24.3. The molecule has 2 aliphatic carbocycles. The van der Waals surface area contributed by atoms with E-state index in [1.54, 1.807) is 6.07 Å². The lowest BCUT2D eigenvalue weighted by Gasteiger charge is -2.26. The van der Waals surface area contributed by atoms with E-state index in [9.17, 15) is 8.96 Å². The summed E-state index contributed by atoms with van der Waals surface area (Å²) in [6.07, 6.45) is 5.13. The smallest absolute Gasteiger partial charge is 0.469 e. The number of ether oxygens (including phenoxy) is 2. The molecule has 0 aromatic heterocycles. The zero-order valence-electron chi connectivity index (χ0n) is 19.4. The number of aryl methyl sites for hydroxylation is 1. The molecule has 0 radical (unpaired) electrons. The van der Waals surface area contributed by atoms with Crippen molar-refractivity contribution in [2.75, 3.05) is 20.3 Å². The van der Waals surface area contributed by atoms with Gasteiger partial charge in [0.1, 0.15) is 0 Å². The monoisotopic (exact) mass is 493 g/mol. The largest absolute Gasteiger partial charge is 0.493 e. The summed E-state index contributed by atoms with van der Waals surface area (Å²) in [4.78, 5) is 18.0. The molecular formula is C25H33FNO6P. The number of hydrogen-bond donors (Lipinski definition) is 3. The molecule has 0 spiro atoms. The van der Waals surface area contributed by atoms with E-state index in [2.05, 4.69) is 22.7 Å². The van der Waals surface area contributed by atoms with Gasteiger partial charge in [0.05, 0.1) is 26.9 Å². The van der Waals surface area contributed by atoms with Crippen molar-refractivity contribution in [2.24, 2.45) is 11.7 Å². The fourth-order valence-electron chi connectivity index (χ4n) is 5.26. The highest BCUT2D eigenvalue weighted by Gasteiger charge is 2.38. The minimum atomic E-state index is -4.52. The van der Waals surface area contributed by atoms with E-state index >= 15 is 0 Å². The molecule has 0 bridgehead atoms. The summed E-state index contributed by atoms with van der Waals surface area (Å²) < 4.78 is 40.6. The molecule has 0 unspecified atom stereocenters.